The molecule has 3 rings (SSSR count). The number of nitrogens with one attached hydrogen (secondary N) is 3. The van der Waals surface area contributed by atoms with Gasteiger partial charge in [-0.25, -0.2) is 5.43 Å². The molecule has 0 fully saturated rings. The first kappa shape index (κ1) is 25.0. The van der Waals surface area contributed by atoms with E-state index in [0.717, 1.165) is 0 Å². The van der Waals surface area contributed by atoms with E-state index in [0.29, 0.717) is 37.8 Å². The van der Waals surface area contributed by atoms with Gasteiger partial charge >= 0.3 is 11.8 Å². The summed E-state index contributed by atoms with van der Waals surface area (Å²) in [5.74, 6) is -1.97. The molecule has 0 atom stereocenters. The SMILES string of the molecule is O=C(COc1ccccc1/C=N\NC(=O)C(=O)Nc1cccc(Cl)c1)Nc1ccc(Cl)c(Cl)c1. The van der Waals surface area contributed by atoms with Gasteiger partial charge in [0.15, 0.2) is 6.61 Å². The highest BCUT2D eigenvalue weighted by atomic mass is 35.5. The number of halogens is 3. The van der Waals surface area contributed by atoms with Crippen molar-refractivity contribution < 1.29 is 19.1 Å². The molecule has 34 heavy (non-hydrogen) atoms. The van der Waals surface area contributed by atoms with Crippen LogP contribution in [0.3, 0.4) is 0 Å². The minimum atomic E-state index is -0.976. The topological polar surface area (TPSA) is 109 Å². The average molecular weight is 520 g/mol. The Labute approximate surface area is 209 Å². The Hall–Kier alpha value is -3.59. The second kappa shape index (κ2) is 12.0. The van der Waals surface area contributed by atoms with Crippen LogP contribution in [0.4, 0.5) is 11.4 Å². The summed E-state index contributed by atoms with van der Waals surface area (Å²) in [4.78, 5) is 36.1. The molecule has 0 aromatic heterocycles. The number of rotatable bonds is 7. The molecular weight excluding hydrogens is 503 g/mol. The Balaban J connectivity index is 1.53. The van der Waals surface area contributed by atoms with Crippen molar-refractivity contribution in [3.63, 3.8) is 0 Å². The Morgan fingerprint density at radius 1 is 0.824 bits per heavy atom. The van der Waals surface area contributed by atoms with E-state index < -0.39 is 17.7 Å². The number of anilines is 2. The number of benzene rings is 3. The quantitative estimate of drug-likeness (QED) is 0.238. The van der Waals surface area contributed by atoms with Crippen LogP contribution in [0, 0.1) is 0 Å². The molecule has 0 aliphatic rings. The second-order valence-electron chi connectivity index (χ2n) is 6.67. The van der Waals surface area contributed by atoms with Crippen LogP contribution in [-0.4, -0.2) is 30.5 Å². The molecular formula is C23H17Cl3N4O4. The number of hydrogen-bond donors (Lipinski definition) is 3. The summed E-state index contributed by atoms with van der Waals surface area (Å²) in [6, 6.07) is 17.8. The number of hydrazone groups is 1. The number of carbonyl (C=O) groups is 3. The van der Waals surface area contributed by atoms with E-state index in [2.05, 4.69) is 21.2 Å². The molecule has 0 spiro atoms. The summed E-state index contributed by atoms with van der Waals surface area (Å²) in [6.07, 6.45) is 1.29. The maximum atomic E-state index is 12.2. The zero-order valence-electron chi connectivity index (χ0n) is 17.3. The van der Waals surface area contributed by atoms with Crippen LogP contribution >= 0.6 is 34.8 Å². The van der Waals surface area contributed by atoms with Crippen LogP contribution in [-0.2, 0) is 14.4 Å². The van der Waals surface area contributed by atoms with Gasteiger partial charge in [-0.2, -0.15) is 5.10 Å². The van der Waals surface area contributed by atoms with E-state index in [9.17, 15) is 14.4 Å². The highest BCUT2D eigenvalue weighted by Crippen LogP contribution is 2.25. The van der Waals surface area contributed by atoms with E-state index >= 15 is 0 Å². The highest BCUT2D eigenvalue weighted by molar-refractivity contribution is 6.42. The van der Waals surface area contributed by atoms with E-state index in [1.54, 1.807) is 54.6 Å². The third kappa shape index (κ3) is 7.48. The largest absolute Gasteiger partial charge is 0.483 e. The monoisotopic (exact) mass is 518 g/mol. The van der Waals surface area contributed by atoms with Gasteiger partial charge in [0.25, 0.3) is 5.91 Å². The molecule has 0 aliphatic carbocycles. The summed E-state index contributed by atoms with van der Waals surface area (Å²) in [5, 5.41) is 9.93. The minimum Gasteiger partial charge on any atom is -0.483 e. The van der Waals surface area contributed by atoms with Crippen molar-refractivity contribution in [1.29, 1.82) is 0 Å². The lowest BCUT2D eigenvalue weighted by molar-refractivity contribution is -0.136. The molecule has 0 unspecified atom stereocenters. The first-order valence-corrected chi connectivity index (χ1v) is 10.8. The van der Waals surface area contributed by atoms with E-state index in [1.165, 1.54) is 18.3 Å². The zero-order chi connectivity index (χ0) is 24.5. The fourth-order valence-corrected chi connectivity index (χ4v) is 3.09. The maximum absolute atomic E-state index is 12.2. The number of nitrogens with zero attached hydrogens (tertiary/aromatic N) is 1. The maximum Gasteiger partial charge on any atom is 0.329 e. The van der Waals surface area contributed by atoms with Gasteiger partial charge in [0.05, 0.1) is 16.3 Å². The van der Waals surface area contributed by atoms with Crippen LogP contribution in [0.5, 0.6) is 5.75 Å². The highest BCUT2D eigenvalue weighted by Gasteiger charge is 2.13. The molecule has 0 aliphatic heterocycles. The summed E-state index contributed by atoms with van der Waals surface area (Å²) in [6.45, 7) is -0.292. The number of ether oxygens (including phenoxy) is 1. The molecule has 174 valence electrons. The first-order chi connectivity index (χ1) is 16.3. The summed E-state index contributed by atoms with van der Waals surface area (Å²) < 4.78 is 5.55. The third-order valence-corrected chi connectivity index (χ3v) is 5.11. The summed E-state index contributed by atoms with van der Waals surface area (Å²) in [7, 11) is 0. The number of para-hydroxylation sites is 1. The van der Waals surface area contributed by atoms with Crippen LogP contribution in [0.15, 0.2) is 71.8 Å². The molecule has 3 aromatic carbocycles. The van der Waals surface area contributed by atoms with Crippen molar-refractivity contribution in [2.24, 2.45) is 5.10 Å². The van der Waals surface area contributed by atoms with Crippen molar-refractivity contribution in [1.82, 2.24) is 5.43 Å². The van der Waals surface area contributed by atoms with E-state index in [4.69, 9.17) is 39.5 Å². The molecule has 8 nitrogen and oxygen atoms in total. The van der Waals surface area contributed by atoms with E-state index in [-0.39, 0.29) is 6.61 Å². The van der Waals surface area contributed by atoms with Gasteiger partial charge in [0.2, 0.25) is 0 Å². The van der Waals surface area contributed by atoms with E-state index in [1.807, 2.05) is 0 Å². The summed E-state index contributed by atoms with van der Waals surface area (Å²) >= 11 is 17.6. The fourth-order valence-electron chi connectivity index (χ4n) is 2.60. The molecule has 0 heterocycles. The van der Waals surface area contributed by atoms with Gasteiger partial charge in [0, 0.05) is 22.0 Å². The van der Waals surface area contributed by atoms with Gasteiger partial charge in [0.1, 0.15) is 5.75 Å². The molecule has 0 saturated carbocycles. The Kier molecular flexibility index (Phi) is 8.86. The van der Waals surface area contributed by atoms with Crippen LogP contribution < -0.4 is 20.8 Å². The average Bonchev–Trinajstić information content (AvgIpc) is 2.80. The Morgan fingerprint density at radius 3 is 2.35 bits per heavy atom. The summed E-state index contributed by atoms with van der Waals surface area (Å²) in [5.41, 5.74) is 3.44. The first-order valence-electron chi connectivity index (χ1n) is 9.68. The zero-order valence-corrected chi connectivity index (χ0v) is 19.6. The lowest BCUT2D eigenvalue weighted by Crippen LogP contribution is -2.32. The number of amides is 3. The molecule has 11 heteroatoms. The van der Waals surface area contributed by atoms with Gasteiger partial charge in [-0.1, -0.05) is 53.0 Å². The lowest BCUT2D eigenvalue weighted by atomic mass is 10.2. The standard InChI is InChI=1S/C23H17Cl3N4O4/c24-15-5-3-6-16(10-15)29-22(32)23(33)30-27-12-14-4-1-2-7-20(14)34-13-21(31)28-17-8-9-18(25)19(26)11-17/h1-12H,13H2,(H,28,31)(H,29,32)(H,30,33)/b27-12-. The van der Waals surface area contributed by atoms with Gasteiger partial charge in [-0.15, -0.1) is 0 Å². The van der Waals surface area contributed by atoms with Crippen LogP contribution in [0.25, 0.3) is 0 Å². The van der Waals surface area contributed by atoms with Crippen molar-refractivity contribution in [3.05, 3.63) is 87.4 Å². The van der Waals surface area contributed by atoms with Crippen molar-refractivity contribution >= 4 is 70.1 Å². The molecule has 0 bridgehead atoms. The van der Waals surface area contributed by atoms with Crippen LogP contribution in [0.1, 0.15) is 5.56 Å². The molecule has 0 saturated heterocycles. The van der Waals surface area contributed by atoms with Gasteiger partial charge in [-0.3, -0.25) is 14.4 Å². The Morgan fingerprint density at radius 2 is 1.59 bits per heavy atom. The number of hydrogen-bond acceptors (Lipinski definition) is 5. The fraction of sp³-hybridized carbons (Fsp3) is 0.0435. The van der Waals surface area contributed by atoms with Crippen LogP contribution in [0.2, 0.25) is 15.1 Å². The predicted octanol–water partition coefficient (Wildman–Crippen LogP) is 4.75. The van der Waals surface area contributed by atoms with Crippen molar-refractivity contribution in [2.75, 3.05) is 17.2 Å². The van der Waals surface area contributed by atoms with Gasteiger partial charge in [-0.05, 0) is 48.5 Å². The number of carbonyl (C=O) groups excluding carboxylic acids is 3. The van der Waals surface area contributed by atoms with Crippen molar-refractivity contribution in [3.8, 4) is 5.75 Å². The van der Waals surface area contributed by atoms with Gasteiger partial charge < -0.3 is 15.4 Å². The smallest absolute Gasteiger partial charge is 0.329 e. The normalized spacial score (nSPS) is 10.6. The molecule has 3 N–H and O–H groups in total. The third-order valence-electron chi connectivity index (χ3n) is 4.14. The predicted molar refractivity (Wildman–Crippen MR) is 133 cm³/mol. The molecule has 3 aromatic rings. The minimum absolute atomic E-state index is 0.292. The lowest BCUT2D eigenvalue weighted by Gasteiger charge is -2.10. The molecule has 0 radical (unpaired) electrons. The molecule has 3 amide bonds. The second-order valence-corrected chi connectivity index (χ2v) is 7.92. The Bertz CT molecular complexity index is 1250. The van der Waals surface area contributed by atoms with Crippen molar-refractivity contribution in [2.45, 2.75) is 0 Å².